The Labute approximate surface area is 188 Å². The van der Waals surface area contributed by atoms with Gasteiger partial charge in [-0.15, -0.1) is 0 Å². The Kier molecular flexibility index (Phi) is 6.13. The van der Waals surface area contributed by atoms with Crippen LogP contribution in [0.25, 0.3) is 16.7 Å². The van der Waals surface area contributed by atoms with Crippen LogP contribution < -0.4 is 20.7 Å². The number of nitrogens with two attached hydrogens (primary N) is 1. The third-order valence-corrected chi connectivity index (χ3v) is 5.38. The van der Waals surface area contributed by atoms with Crippen molar-refractivity contribution in [1.82, 2.24) is 19.4 Å². The number of benzene rings is 2. The average Bonchev–Trinajstić information content (AvgIpc) is 3.22. The molecule has 0 spiro atoms. The van der Waals surface area contributed by atoms with Crippen molar-refractivity contribution in [2.75, 3.05) is 57.3 Å². The van der Waals surface area contributed by atoms with Gasteiger partial charge in [-0.25, -0.2) is 4.98 Å². The van der Waals surface area contributed by atoms with E-state index in [2.05, 4.69) is 52.4 Å². The topological polar surface area (TPSA) is 84.5 Å². The molecule has 0 atom stereocenters. The van der Waals surface area contributed by atoms with Gasteiger partial charge in [-0.1, -0.05) is 18.2 Å². The lowest BCUT2D eigenvalue weighted by molar-refractivity contribution is 0.413. The first-order valence-corrected chi connectivity index (χ1v) is 10.5. The van der Waals surface area contributed by atoms with Gasteiger partial charge in [0.2, 0.25) is 5.95 Å². The highest BCUT2D eigenvalue weighted by Gasteiger charge is 2.14. The zero-order valence-corrected chi connectivity index (χ0v) is 18.9. The first-order chi connectivity index (χ1) is 15.5. The van der Waals surface area contributed by atoms with E-state index in [4.69, 9.17) is 15.5 Å². The smallest absolute Gasteiger partial charge is 0.229 e. The lowest BCUT2D eigenvalue weighted by Crippen LogP contribution is -2.29. The number of para-hydroxylation sites is 1. The number of rotatable bonds is 8. The lowest BCUT2D eigenvalue weighted by Gasteiger charge is -2.24. The number of hydrogen-bond acceptors (Lipinski definition) is 7. The van der Waals surface area contributed by atoms with Gasteiger partial charge in [-0.3, -0.25) is 0 Å². The molecule has 0 radical (unpaired) electrons. The Balaban J connectivity index is 1.61. The molecule has 2 aromatic carbocycles. The summed E-state index contributed by atoms with van der Waals surface area (Å²) in [6, 6.07) is 15.9. The summed E-state index contributed by atoms with van der Waals surface area (Å²) in [4.78, 5) is 13.3. The number of aromatic nitrogens is 3. The molecule has 3 N–H and O–H groups in total. The summed E-state index contributed by atoms with van der Waals surface area (Å²) in [5.74, 6) is 1.91. The van der Waals surface area contributed by atoms with Crippen LogP contribution in [-0.2, 0) is 0 Å². The van der Waals surface area contributed by atoms with Crippen molar-refractivity contribution in [3.05, 3.63) is 60.9 Å². The van der Waals surface area contributed by atoms with Crippen LogP contribution in [0.3, 0.4) is 0 Å². The summed E-state index contributed by atoms with van der Waals surface area (Å²) in [6.07, 6.45) is 3.74. The maximum Gasteiger partial charge on any atom is 0.229 e. The summed E-state index contributed by atoms with van der Waals surface area (Å²) in [7, 11) is 7.77. The molecule has 2 aromatic heterocycles. The highest BCUT2D eigenvalue weighted by molar-refractivity contribution is 5.82. The standard InChI is InChI=1S/C24H29N7O/c1-29(2)13-14-30(3)21-16-22(32-4)19(15-18(21)25)27-24-26-11-9-23(28-24)31-12-10-17-7-5-6-8-20(17)31/h5-12,15-16H,13-14,25H2,1-4H3,(H,26,27,28). The zero-order valence-electron chi connectivity index (χ0n) is 18.9. The number of nitrogens with one attached hydrogen (secondary N) is 1. The summed E-state index contributed by atoms with van der Waals surface area (Å²) in [5, 5.41) is 4.42. The minimum absolute atomic E-state index is 0.465. The molecular formula is C24H29N7O. The van der Waals surface area contributed by atoms with Crippen LogP contribution >= 0.6 is 0 Å². The van der Waals surface area contributed by atoms with Gasteiger partial charge in [-0.2, -0.15) is 4.98 Å². The highest BCUT2D eigenvalue weighted by atomic mass is 16.5. The van der Waals surface area contributed by atoms with E-state index >= 15 is 0 Å². The van der Waals surface area contributed by atoms with E-state index in [0.29, 0.717) is 23.1 Å². The molecule has 0 bridgehead atoms. The molecule has 4 rings (SSSR count). The maximum atomic E-state index is 6.38. The van der Waals surface area contributed by atoms with Gasteiger partial charge in [0.25, 0.3) is 0 Å². The Hall–Kier alpha value is -3.78. The van der Waals surface area contributed by atoms with Crippen molar-refractivity contribution in [3.63, 3.8) is 0 Å². The molecule has 0 saturated heterocycles. The lowest BCUT2D eigenvalue weighted by atomic mass is 10.2. The number of ether oxygens (including phenoxy) is 1. The Morgan fingerprint density at radius 3 is 2.66 bits per heavy atom. The second-order valence-corrected chi connectivity index (χ2v) is 7.94. The van der Waals surface area contributed by atoms with Crippen molar-refractivity contribution in [2.24, 2.45) is 0 Å². The van der Waals surface area contributed by atoms with E-state index in [9.17, 15) is 0 Å². The van der Waals surface area contributed by atoms with E-state index in [-0.39, 0.29) is 0 Å². The van der Waals surface area contributed by atoms with E-state index < -0.39 is 0 Å². The molecule has 166 valence electrons. The van der Waals surface area contributed by atoms with Gasteiger partial charge in [0.05, 0.1) is 29.7 Å². The SMILES string of the molecule is COc1cc(N(C)CCN(C)C)c(N)cc1Nc1nccc(-n2ccc3ccccc32)n1. The number of anilines is 4. The van der Waals surface area contributed by atoms with Crippen molar-refractivity contribution in [3.8, 4) is 11.6 Å². The van der Waals surface area contributed by atoms with E-state index in [0.717, 1.165) is 35.5 Å². The predicted octanol–water partition coefficient (Wildman–Crippen LogP) is 3.75. The van der Waals surface area contributed by atoms with Crippen LogP contribution in [0.4, 0.5) is 23.0 Å². The second-order valence-electron chi connectivity index (χ2n) is 7.94. The molecule has 4 aromatic rings. The quantitative estimate of drug-likeness (QED) is 0.411. The van der Waals surface area contributed by atoms with Crippen LogP contribution in [0, 0.1) is 0 Å². The molecular weight excluding hydrogens is 402 g/mol. The molecule has 0 aliphatic carbocycles. The number of nitrogen functional groups attached to an aromatic ring is 1. The summed E-state index contributed by atoms with van der Waals surface area (Å²) >= 11 is 0. The summed E-state index contributed by atoms with van der Waals surface area (Å²) in [5.41, 5.74) is 9.75. The number of nitrogens with zero attached hydrogens (tertiary/aromatic N) is 5. The Bertz CT molecular complexity index is 1220. The first-order valence-electron chi connectivity index (χ1n) is 10.5. The van der Waals surface area contributed by atoms with Crippen molar-refractivity contribution >= 4 is 33.9 Å². The van der Waals surface area contributed by atoms with Gasteiger partial charge in [0, 0.05) is 38.6 Å². The van der Waals surface area contributed by atoms with Gasteiger partial charge >= 0.3 is 0 Å². The molecule has 8 heteroatoms. The number of likely N-dealkylation sites (N-methyl/N-ethyl adjacent to an activating group) is 2. The monoisotopic (exact) mass is 431 g/mol. The van der Waals surface area contributed by atoms with Gasteiger partial charge in [0.1, 0.15) is 11.6 Å². The van der Waals surface area contributed by atoms with Gasteiger partial charge < -0.3 is 30.2 Å². The normalized spacial score (nSPS) is 11.2. The fourth-order valence-corrected chi connectivity index (χ4v) is 3.60. The number of hydrogen-bond donors (Lipinski definition) is 2. The fourth-order valence-electron chi connectivity index (χ4n) is 3.60. The first kappa shape index (κ1) is 21.5. The molecule has 0 amide bonds. The zero-order chi connectivity index (χ0) is 22.7. The molecule has 0 fully saturated rings. The number of methoxy groups -OCH3 is 1. The van der Waals surface area contributed by atoms with Crippen LogP contribution in [-0.4, -0.2) is 60.8 Å². The third-order valence-electron chi connectivity index (χ3n) is 5.38. The molecule has 0 saturated carbocycles. The summed E-state index contributed by atoms with van der Waals surface area (Å²) in [6.45, 7) is 1.77. The minimum atomic E-state index is 0.465. The highest BCUT2D eigenvalue weighted by Crippen LogP contribution is 2.36. The van der Waals surface area contributed by atoms with Crippen LogP contribution in [0.15, 0.2) is 60.9 Å². The molecule has 2 heterocycles. The van der Waals surface area contributed by atoms with E-state index in [1.165, 1.54) is 0 Å². The van der Waals surface area contributed by atoms with Crippen LogP contribution in [0.5, 0.6) is 5.75 Å². The van der Waals surface area contributed by atoms with Crippen LogP contribution in [0.2, 0.25) is 0 Å². The van der Waals surface area contributed by atoms with Crippen LogP contribution in [0.1, 0.15) is 0 Å². The minimum Gasteiger partial charge on any atom is -0.494 e. The van der Waals surface area contributed by atoms with Gasteiger partial charge in [-0.05, 0) is 43.7 Å². The number of fused-ring (bicyclic) bond motifs is 1. The molecule has 32 heavy (non-hydrogen) atoms. The molecule has 0 aliphatic heterocycles. The summed E-state index contributed by atoms with van der Waals surface area (Å²) < 4.78 is 7.67. The van der Waals surface area contributed by atoms with Gasteiger partial charge in [0.15, 0.2) is 0 Å². The van der Waals surface area contributed by atoms with E-state index in [1.54, 1.807) is 13.3 Å². The molecule has 0 unspecified atom stereocenters. The molecule has 8 nitrogen and oxygen atoms in total. The fraction of sp³-hybridized carbons (Fsp3) is 0.250. The van der Waals surface area contributed by atoms with Crippen molar-refractivity contribution in [1.29, 1.82) is 0 Å². The van der Waals surface area contributed by atoms with Crippen molar-refractivity contribution < 1.29 is 4.74 Å². The largest absolute Gasteiger partial charge is 0.494 e. The Morgan fingerprint density at radius 2 is 1.88 bits per heavy atom. The average molecular weight is 432 g/mol. The van der Waals surface area contributed by atoms with E-state index in [1.807, 2.05) is 48.1 Å². The predicted molar refractivity (Wildman–Crippen MR) is 131 cm³/mol. The Morgan fingerprint density at radius 1 is 1.06 bits per heavy atom. The van der Waals surface area contributed by atoms with Crippen molar-refractivity contribution in [2.45, 2.75) is 0 Å². The second kappa shape index (κ2) is 9.15. The maximum absolute atomic E-state index is 6.38. The molecule has 0 aliphatic rings. The third kappa shape index (κ3) is 4.45.